The van der Waals surface area contributed by atoms with Gasteiger partial charge in [-0.1, -0.05) is 19.1 Å². The highest BCUT2D eigenvalue weighted by atomic mass is 19.1. The van der Waals surface area contributed by atoms with Gasteiger partial charge < -0.3 is 10.6 Å². The maximum atomic E-state index is 13.5. The van der Waals surface area contributed by atoms with Gasteiger partial charge in [-0.3, -0.25) is 0 Å². The van der Waals surface area contributed by atoms with Crippen LogP contribution in [0.2, 0.25) is 0 Å². The highest BCUT2D eigenvalue weighted by molar-refractivity contribution is 5.25. The van der Waals surface area contributed by atoms with Crippen molar-refractivity contribution < 1.29 is 4.39 Å². The molecule has 0 fully saturated rings. The van der Waals surface area contributed by atoms with Gasteiger partial charge in [-0.2, -0.15) is 0 Å². The lowest BCUT2D eigenvalue weighted by Crippen LogP contribution is -2.33. The maximum Gasteiger partial charge on any atom is 0.126 e. The predicted octanol–water partition coefficient (Wildman–Crippen LogP) is 3.25. The molecule has 1 atom stereocenters. The maximum absolute atomic E-state index is 13.5. The summed E-state index contributed by atoms with van der Waals surface area (Å²) in [6.07, 6.45) is 0.856. The van der Waals surface area contributed by atoms with E-state index in [1.54, 1.807) is 19.1 Å². The van der Waals surface area contributed by atoms with Crippen LogP contribution in [-0.4, -0.2) is 24.0 Å². The molecule has 1 aromatic carbocycles. The summed E-state index contributed by atoms with van der Waals surface area (Å²) in [4.78, 5) is 2.37. The molecule has 1 aromatic rings. The fourth-order valence-corrected chi connectivity index (χ4v) is 2.09. The van der Waals surface area contributed by atoms with E-state index in [-0.39, 0.29) is 11.9 Å². The number of rotatable bonds is 6. The van der Waals surface area contributed by atoms with Gasteiger partial charge in [-0.15, -0.1) is 0 Å². The second kappa shape index (κ2) is 6.86. The average Bonchev–Trinajstić information content (AvgIpc) is 2.32. The Morgan fingerprint density at radius 2 is 2.00 bits per heavy atom. The summed E-state index contributed by atoms with van der Waals surface area (Å²) in [7, 11) is 0. The van der Waals surface area contributed by atoms with Crippen LogP contribution in [0.15, 0.2) is 18.2 Å². The Morgan fingerprint density at radius 3 is 2.50 bits per heavy atom. The van der Waals surface area contributed by atoms with Gasteiger partial charge in [0.1, 0.15) is 5.82 Å². The van der Waals surface area contributed by atoms with E-state index in [0.29, 0.717) is 11.6 Å². The van der Waals surface area contributed by atoms with Crippen LogP contribution in [0, 0.1) is 12.7 Å². The summed E-state index contributed by atoms with van der Waals surface area (Å²) in [5.74, 6) is -0.167. The first-order chi connectivity index (χ1) is 8.45. The minimum atomic E-state index is -0.167. The van der Waals surface area contributed by atoms with Gasteiger partial charge in [-0.05, 0) is 50.9 Å². The first-order valence-electron chi connectivity index (χ1n) is 6.71. The third-order valence-corrected chi connectivity index (χ3v) is 3.49. The number of aryl methyl sites for hydroxylation is 1. The molecular formula is C15H25FN2. The third-order valence-electron chi connectivity index (χ3n) is 3.49. The number of nitrogens with zero attached hydrogens (tertiary/aromatic N) is 1. The fourth-order valence-electron chi connectivity index (χ4n) is 2.09. The van der Waals surface area contributed by atoms with E-state index < -0.39 is 0 Å². The van der Waals surface area contributed by atoms with Gasteiger partial charge in [0.15, 0.2) is 0 Å². The normalized spacial score (nSPS) is 13.3. The van der Waals surface area contributed by atoms with Gasteiger partial charge in [0.05, 0.1) is 0 Å². The van der Waals surface area contributed by atoms with Crippen molar-refractivity contribution in [2.24, 2.45) is 5.73 Å². The number of nitrogens with two attached hydrogens (primary N) is 1. The van der Waals surface area contributed by atoms with Crippen molar-refractivity contribution in [3.05, 3.63) is 35.1 Å². The molecule has 0 radical (unpaired) electrons. The lowest BCUT2D eigenvalue weighted by molar-refractivity contribution is 0.225. The molecule has 2 nitrogen and oxygen atoms in total. The Labute approximate surface area is 110 Å². The molecule has 0 aromatic heterocycles. The van der Waals surface area contributed by atoms with Crippen LogP contribution in [0.3, 0.4) is 0 Å². The summed E-state index contributed by atoms with van der Waals surface area (Å²) in [6, 6.07) is 5.72. The van der Waals surface area contributed by atoms with E-state index in [1.165, 1.54) is 0 Å². The zero-order valence-corrected chi connectivity index (χ0v) is 11.9. The van der Waals surface area contributed by atoms with Crippen molar-refractivity contribution in [2.75, 3.05) is 13.1 Å². The SMILES string of the molecule is CCN(CCC(N)c1ccc(C)c(F)c1)C(C)C. The Balaban J connectivity index is 2.59. The largest absolute Gasteiger partial charge is 0.324 e. The monoisotopic (exact) mass is 252 g/mol. The smallest absolute Gasteiger partial charge is 0.126 e. The Kier molecular flexibility index (Phi) is 5.76. The van der Waals surface area contributed by atoms with Gasteiger partial charge in [-0.25, -0.2) is 4.39 Å². The second-order valence-corrected chi connectivity index (χ2v) is 5.13. The fraction of sp³-hybridized carbons (Fsp3) is 0.600. The van der Waals surface area contributed by atoms with Gasteiger partial charge >= 0.3 is 0 Å². The summed E-state index contributed by atoms with van der Waals surface area (Å²) >= 11 is 0. The Morgan fingerprint density at radius 1 is 1.33 bits per heavy atom. The van der Waals surface area contributed by atoms with E-state index >= 15 is 0 Å². The van der Waals surface area contributed by atoms with Crippen LogP contribution < -0.4 is 5.73 Å². The third kappa shape index (κ3) is 4.07. The number of benzene rings is 1. The van der Waals surface area contributed by atoms with E-state index in [9.17, 15) is 4.39 Å². The van der Waals surface area contributed by atoms with Crippen LogP contribution in [0.1, 0.15) is 44.4 Å². The van der Waals surface area contributed by atoms with Crippen LogP contribution in [-0.2, 0) is 0 Å². The highest BCUT2D eigenvalue weighted by Crippen LogP contribution is 2.18. The van der Waals surface area contributed by atoms with E-state index in [2.05, 4.69) is 25.7 Å². The molecule has 0 aliphatic rings. The molecule has 0 bridgehead atoms. The number of hydrogen-bond acceptors (Lipinski definition) is 2. The molecule has 1 rings (SSSR count). The quantitative estimate of drug-likeness (QED) is 0.842. The van der Waals surface area contributed by atoms with Crippen molar-refractivity contribution >= 4 is 0 Å². The lowest BCUT2D eigenvalue weighted by atomic mass is 10.0. The van der Waals surface area contributed by atoms with Gasteiger partial charge in [0.2, 0.25) is 0 Å². The highest BCUT2D eigenvalue weighted by Gasteiger charge is 2.12. The van der Waals surface area contributed by atoms with Crippen LogP contribution >= 0.6 is 0 Å². The topological polar surface area (TPSA) is 29.3 Å². The summed E-state index contributed by atoms with van der Waals surface area (Å²) < 4.78 is 13.5. The molecule has 0 aliphatic heterocycles. The second-order valence-electron chi connectivity index (χ2n) is 5.13. The predicted molar refractivity (Wildman–Crippen MR) is 75.1 cm³/mol. The van der Waals surface area contributed by atoms with Crippen LogP contribution in [0.4, 0.5) is 4.39 Å². The van der Waals surface area contributed by atoms with Crippen molar-refractivity contribution in [1.82, 2.24) is 4.90 Å². The molecule has 2 N–H and O–H groups in total. The van der Waals surface area contributed by atoms with E-state index in [4.69, 9.17) is 5.73 Å². The van der Waals surface area contributed by atoms with E-state index in [0.717, 1.165) is 25.1 Å². The standard InChI is InChI=1S/C15H25FN2/c1-5-18(11(2)3)9-8-15(17)13-7-6-12(4)14(16)10-13/h6-7,10-11,15H,5,8-9,17H2,1-4H3. The average molecular weight is 252 g/mol. The Bertz CT molecular complexity index is 377. The van der Waals surface area contributed by atoms with Crippen LogP contribution in [0.25, 0.3) is 0 Å². The molecule has 0 heterocycles. The van der Waals surface area contributed by atoms with Gasteiger partial charge in [0.25, 0.3) is 0 Å². The number of hydrogen-bond donors (Lipinski definition) is 1. The molecule has 0 aliphatic carbocycles. The first-order valence-corrected chi connectivity index (χ1v) is 6.71. The summed E-state index contributed by atoms with van der Waals surface area (Å²) in [5, 5.41) is 0. The molecular weight excluding hydrogens is 227 g/mol. The molecule has 102 valence electrons. The van der Waals surface area contributed by atoms with E-state index in [1.807, 2.05) is 6.07 Å². The van der Waals surface area contributed by atoms with Crippen molar-refractivity contribution in [3.63, 3.8) is 0 Å². The molecule has 3 heteroatoms. The molecule has 18 heavy (non-hydrogen) atoms. The summed E-state index contributed by atoms with van der Waals surface area (Å²) in [6.45, 7) is 10.2. The molecule has 0 amide bonds. The van der Waals surface area contributed by atoms with Crippen LogP contribution in [0.5, 0.6) is 0 Å². The number of halogens is 1. The Hall–Kier alpha value is -0.930. The van der Waals surface area contributed by atoms with Gasteiger partial charge in [0, 0.05) is 18.6 Å². The molecule has 1 unspecified atom stereocenters. The van der Waals surface area contributed by atoms with Crippen molar-refractivity contribution in [2.45, 2.75) is 46.2 Å². The molecule has 0 saturated heterocycles. The zero-order valence-electron chi connectivity index (χ0n) is 11.9. The molecule has 0 spiro atoms. The summed E-state index contributed by atoms with van der Waals surface area (Å²) in [5.41, 5.74) is 7.68. The minimum Gasteiger partial charge on any atom is -0.324 e. The molecule has 0 saturated carbocycles. The van der Waals surface area contributed by atoms with Crippen molar-refractivity contribution in [1.29, 1.82) is 0 Å². The lowest BCUT2D eigenvalue weighted by Gasteiger charge is -2.26. The zero-order chi connectivity index (χ0) is 13.7. The van der Waals surface area contributed by atoms with Crippen molar-refractivity contribution in [3.8, 4) is 0 Å². The first kappa shape index (κ1) is 15.1. The minimum absolute atomic E-state index is 0.0899.